The first-order chi connectivity index (χ1) is 11.5. The molecular formula is C15H19ClN2O5S2. The van der Waals surface area contributed by atoms with Gasteiger partial charge in [0.1, 0.15) is 10.5 Å². The van der Waals surface area contributed by atoms with Crippen LogP contribution in [0.5, 0.6) is 0 Å². The molecule has 7 nitrogen and oxygen atoms in total. The van der Waals surface area contributed by atoms with E-state index in [0.29, 0.717) is 23.7 Å². The van der Waals surface area contributed by atoms with Crippen LogP contribution in [0.1, 0.15) is 17.7 Å². The molecule has 10 heteroatoms. The maximum absolute atomic E-state index is 13.0. The summed E-state index contributed by atoms with van der Waals surface area (Å²) in [6.07, 6.45) is 1.50. The van der Waals surface area contributed by atoms with E-state index < -0.39 is 20.5 Å². The predicted octanol–water partition coefficient (Wildman–Crippen LogP) is 1.93. The van der Waals surface area contributed by atoms with E-state index in [1.165, 1.54) is 11.3 Å². The Morgan fingerprint density at radius 2 is 2.16 bits per heavy atom. The van der Waals surface area contributed by atoms with E-state index in [0.717, 1.165) is 4.88 Å². The van der Waals surface area contributed by atoms with Gasteiger partial charge in [0.2, 0.25) is 5.91 Å². The van der Waals surface area contributed by atoms with Crippen LogP contribution in [0.15, 0.2) is 34.9 Å². The molecule has 1 aliphatic rings. The van der Waals surface area contributed by atoms with Gasteiger partial charge in [-0.15, -0.1) is 23.7 Å². The van der Waals surface area contributed by atoms with Gasteiger partial charge >= 0.3 is 0 Å². The summed E-state index contributed by atoms with van der Waals surface area (Å²) < 4.78 is 29.9. The molecule has 0 saturated carbocycles. The topological polar surface area (TPSA) is 109 Å². The maximum Gasteiger partial charge on any atom is 0.245 e. The quantitative estimate of drug-likeness (QED) is 0.528. The van der Waals surface area contributed by atoms with Crippen molar-refractivity contribution in [3.05, 3.63) is 35.4 Å². The largest absolute Gasteiger partial charge is 0.464 e. The van der Waals surface area contributed by atoms with E-state index in [2.05, 4.69) is 5.32 Å². The van der Waals surface area contributed by atoms with Crippen molar-refractivity contribution in [2.24, 2.45) is 0 Å². The lowest BCUT2D eigenvalue weighted by atomic mass is 9.97. The SMILES string of the molecule is Cl.O=C(C[C@]1(c2ccc(-c3ccco3)s2)CCNCCS1(=O)=O)NO. The van der Waals surface area contributed by atoms with Crippen LogP contribution < -0.4 is 10.8 Å². The van der Waals surface area contributed by atoms with Crippen LogP contribution in [0.2, 0.25) is 0 Å². The molecule has 2 aromatic rings. The predicted molar refractivity (Wildman–Crippen MR) is 96.8 cm³/mol. The Morgan fingerprint density at radius 1 is 1.36 bits per heavy atom. The van der Waals surface area contributed by atoms with Crippen LogP contribution >= 0.6 is 23.7 Å². The molecule has 3 rings (SSSR count). The number of nitrogens with one attached hydrogen (secondary N) is 2. The molecule has 1 amide bonds. The van der Waals surface area contributed by atoms with Crippen LogP contribution in [-0.2, 0) is 19.4 Å². The van der Waals surface area contributed by atoms with E-state index in [9.17, 15) is 13.2 Å². The number of amides is 1. The zero-order chi connectivity index (χ0) is 17.2. The van der Waals surface area contributed by atoms with Gasteiger partial charge in [-0.3, -0.25) is 10.0 Å². The number of thiophene rings is 1. The van der Waals surface area contributed by atoms with Crippen molar-refractivity contribution in [1.29, 1.82) is 0 Å². The first kappa shape index (κ1) is 19.9. The van der Waals surface area contributed by atoms with Crippen molar-refractivity contribution in [3.8, 4) is 10.6 Å². The minimum absolute atomic E-state index is 0. The van der Waals surface area contributed by atoms with Crippen LogP contribution in [0.3, 0.4) is 0 Å². The molecule has 25 heavy (non-hydrogen) atoms. The summed E-state index contributed by atoms with van der Waals surface area (Å²) in [4.78, 5) is 13.2. The second-order valence-corrected chi connectivity index (χ2v) is 9.17. The highest BCUT2D eigenvalue weighted by molar-refractivity contribution is 7.92. The van der Waals surface area contributed by atoms with Crippen molar-refractivity contribution in [1.82, 2.24) is 10.8 Å². The van der Waals surface area contributed by atoms with Crippen molar-refractivity contribution in [2.75, 3.05) is 18.8 Å². The molecule has 0 aromatic carbocycles. The third kappa shape index (κ3) is 3.75. The fourth-order valence-electron chi connectivity index (χ4n) is 2.97. The number of hydrogen-bond donors (Lipinski definition) is 3. The number of carbonyl (C=O) groups is 1. The fourth-order valence-corrected chi connectivity index (χ4v) is 6.50. The summed E-state index contributed by atoms with van der Waals surface area (Å²) in [6, 6.07) is 7.09. The Balaban J connectivity index is 0.00000225. The van der Waals surface area contributed by atoms with Crippen LogP contribution in [-0.4, -0.2) is 38.4 Å². The number of hydroxylamine groups is 1. The molecule has 1 fully saturated rings. The van der Waals surface area contributed by atoms with Gasteiger partial charge < -0.3 is 9.73 Å². The van der Waals surface area contributed by atoms with Gasteiger partial charge in [0.05, 0.1) is 23.3 Å². The lowest BCUT2D eigenvalue weighted by molar-refractivity contribution is -0.129. The number of sulfone groups is 1. The highest BCUT2D eigenvalue weighted by Gasteiger charge is 2.48. The lowest BCUT2D eigenvalue weighted by Crippen LogP contribution is -2.41. The van der Waals surface area contributed by atoms with Crippen molar-refractivity contribution in [3.63, 3.8) is 0 Å². The third-order valence-corrected chi connectivity index (χ3v) is 8.17. The van der Waals surface area contributed by atoms with Crippen molar-refractivity contribution >= 4 is 39.5 Å². The van der Waals surface area contributed by atoms with E-state index in [1.807, 2.05) is 0 Å². The molecule has 0 unspecified atom stereocenters. The van der Waals surface area contributed by atoms with Gasteiger partial charge in [0, 0.05) is 11.4 Å². The smallest absolute Gasteiger partial charge is 0.245 e. The molecule has 0 radical (unpaired) electrons. The molecule has 138 valence electrons. The summed E-state index contributed by atoms with van der Waals surface area (Å²) in [5.41, 5.74) is 1.56. The standard InChI is InChI=1S/C15H18N2O5S2.ClH/c18-14(17-19)10-15(5-6-16-7-9-24(15,20)21)13-4-3-12(23-13)11-2-1-8-22-11;/h1-4,8,16,19H,5-7,9-10H2,(H,17,18);1H/t15-;/m0./s1. The van der Waals surface area contributed by atoms with E-state index in [-0.39, 0.29) is 31.0 Å². The van der Waals surface area contributed by atoms with Gasteiger partial charge in [-0.1, -0.05) is 0 Å². The Morgan fingerprint density at radius 3 is 2.84 bits per heavy atom. The molecule has 3 N–H and O–H groups in total. The van der Waals surface area contributed by atoms with Gasteiger partial charge in [-0.2, -0.15) is 0 Å². The van der Waals surface area contributed by atoms with Crippen LogP contribution in [0.4, 0.5) is 0 Å². The van der Waals surface area contributed by atoms with Gasteiger partial charge in [-0.05, 0) is 37.2 Å². The highest BCUT2D eigenvalue weighted by Crippen LogP contribution is 2.44. The third-order valence-electron chi connectivity index (χ3n) is 4.24. The average Bonchev–Trinajstić information content (AvgIpc) is 3.21. The molecule has 0 bridgehead atoms. The minimum atomic E-state index is -3.59. The molecule has 1 atom stereocenters. The van der Waals surface area contributed by atoms with Crippen LogP contribution in [0.25, 0.3) is 10.6 Å². The van der Waals surface area contributed by atoms with Crippen molar-refractivity contribution < 1.29 is 22.8 Å². The van der Waals surface area contributed by atoms with Gasteiger partial charge in [0.25, 0.3) is 0 Å². The fraction of sp³-hybridized carbons (Fsp3) is 0.400. The lowest BCUT2D eigenvalue weighted by Gasteiger charge is -2.30. The molecule has 2 aromatic heterocycles. The van der Waals surface area contributed by atoms with Gasteiger partial charge in [-0.25, -0.2) is 13.9 Å². The van der Waals surface area contributed by atoms with E-state index >= 15 is 0 Å². The number of carbonyl (C=O) groups excluding carboxylic acids is 1. The second-order valence-electron chi connectivity index (χ2n) is 5.67. The van der Waals surface area contributed by atoms with Gasteiger partial charge in [0.15, 0.2) is 9.84 Å². The highest BCUT2D eigenvalue weighted by atomic mass is 35.5. The molecular weight excluding hydrogens is 388 g/mol. The second kappa shape index (κ2) is 7.88. The molecule has 0 spiro atoms. The van der Waals surface area contributed by atoms with E-state index in [1.54, 1.807) is 36.0 Å². The zero-order valence-corrected chi connectivity index (χ0v) is 15.7. The molecule has 0 aliphatic carbocycles. The Kier molecular flexibility index (Phi) is 6.28. The normalized spacial score (nSPS) is 22.6. The average molecular weight is 407 g/mol. The van der Waals surface area contributed by atoms with E-state index in [4.69, 9.17) is 9.62 Å². The number of rotatable bonds is 4. The number of hydrogen-bond acceptors (Lipinski definition) is 7. The summed E-state index contributed by atoms with van der Waals surface area (Å²) in [5, 5.41) is 12.0. The minimum Gasteiger partial charge on any atom is -0.464 e. The number of halogens is 1. The molecule has 1 saturated heterocycles. The summed E-state index contributed by atoms with van der Waals surface area (Å²) >= 11 is 1.30. The molecule has 1 aliphatic heterocycles. The number of furan rings is 1. The summed E-state index contributed by atoms with van der Waals surface area (Å²) in [5.74, 6) is -0.120. The summed E-state index contributed by atoms with van der Waals surface area (Å²) in [7, 11) is -3.59. The zero-order valence-electron chi connectivity index (χ0n) is 13.2. The first-order valence-corrected chi connectivity index (χ1v) is 9.95. The molecule has 3 heterocycles. The van der Waals surface area contributed by atoms with Crippen molar-refractivity contribution in [2.45, 2.75) is 17.6 Å². The monoisotopic (exact) mass is 406 g/mol. The van der Waals surface area contributed by atoms with Crippen LogP contribution in [0, 0.1) is 0 Å². The maximum atomic E-state index is 13.0. The summed E-state index contributed by atoms with van der Waals surface area (Å²) in [6.45, 7) is 0.827. The Labute approximate surface area is 155 Å². The Hall–Kier alpha value is -1.39. The Bertz CT molecular complexity index is 819. The first-order valence-electron chi connectivity index (χ1n) is 7.49.